The van der Waals surface area contributed by atoms with E-state index in [1.54, 1.807) is 0 Å². The monoisotopic (exact) mass is 307 g/mol. The van der Waals surface area contributed by atoms with E-state index in [9.17, 15) is 0 Å². The van der Waals surface area contributed by atoms with E-state index in [0.717, 1.165) is 29.1 Å². The molecule has 0 saturated heterocycles. The molecule has 0 saturated carbocycles. The lowest BCUT2D eigenvalue weighted by molar-refractivity contribution is 0.516. The molecule has 0 bridgehead atoms. The van der Waals surface area contributed by atoms with Gasteiger partial charge in [0, 0.05) is 12.1 Å². The molecule has 0 aliphatic carbocycles. The summed E-state index contributed by atoms with van der Waals surface area (Å²) < 4.78 is 2.20. The number of hydrogen-bond donors (Lipinski definition) is 0. The van der Waals surface area contributed by atoms with Gasteiger partial charge in [-0.25, -0.2) is 0 Å². The second-order valence-corrected chi connectivity index (χ2v) is 5.51. The quantitative estimate of drug-likeness (QED) is 0.804. The predicted molar refractivity (Wildman–Crippen MR) is 77.7 cm³/mol. The summed E-state index contributed by atoms with van der Waals surface area (Å²) in [5.74, 6) is 2.52. The number of aromatic nitrogens is 3. The van der Waals surface area contributed by atoms with E-state index in [1.807, 2.05) is 0 Å². The Labute approximate surface area is 116 Å². The standard InChI is InChI=1S/C14H18BrN3/c1-10(2)9-18-13(8-15)16-17-14(18)12-6-4-5-11(3)7-12/h4-7,10H,8-9H2,1-3H3. The molecule has 96 valence electrons. The van der Waals surface area contributed by atoms with E-state index in [0.29, 0.717) is 5.92 Å². The van der Waals surface area contributed by atoms with Gasteiger partial charge in [-0.15, -0.1) is 10.2 Å². The maximum atomic E-state index is 4.33. The van der Waals surface area contributed by atoms with Gasteiger partial charge in [-0.05, 0) is 18.9 Å². The minimum atomic E-state index is 0.572. The first-order valence-electron chi connectivity index (χ1n) is 6.17. The second-order valence-electron chi connectivity index (χ2n) is 4.95. The van der Waals surface area contributed by atoms with Crippen LogP contribution in [-0.2, 0) is 11.9 Å². The molecule has 0 unspecified atom stereocenters. The van der Waals surface area contributed by atoms with E-state index in [1.165, 1.54) is 5.56 Å². The highest BCUT2D eigenvalue weighted by Crippen LogP contribution is 2.21. The van der Waals surface area contributed by atoms with Crippen LogP contribution in [-0.4, -0.2) is 14.8 Å². The molecule has 1 aromatic heterocycles. The van der Waals surface area contributed by atoms with Gasteiger partial charge < -0.3 is 4.57 Å². The fraction of sp³-hybridized carbons (Fsp3) is 0.429. The zero-order valence-electron chi connectivity index (χ0n) is 11.0. The van der Waals surface area contributed by atoms with Crippen LogP contribution in [0.1, 0.15) is 25.2 Å². The molecule has 1 heterocycles. The van der Waals surface area contributed by atoms with Crippen LogP contribution in [0.2, 0.25) is 0 Å². The van der Waals surface area contributed by atoms with Crippen LogP contribution in [0.3, 0.4) is 0 Å². The zero-order chi connectivity index (χ0) is 13.1. The highest BCUT2D eigenvalue weighted by atomic mass is 79.9. The molecule has 0 amide bonds. The Morgan fingerprint density at radius 3 is 2.67 bits per heavy atom. The van der Waals surface area contributed by atoms with Crippen molar-refractivity contribution in [1.29, 1.82) is 0 Å². The van der Waals surface area contributed by atoms with Crippen molar-refractivity contribution < 1.29 is 0 Å². The second kappa shape index (κ2) is 5.65. The maximum Gasteiger partial charge on any atom is 0.163 e. The average Bonchev–Trinajstić information content (AvgIpc) is 2.71. The fourth-order valence-electron chi connectivity index (χ4n) is 1.99. The van der Waals surface area contributed by atoms with Gasteiger partial charge in [0.15, 0.2) is 5.82 Å². The molecule has 0 aliphatic rings. The van der Waals surface area contributed by atoms with Gasteiger partial charge in [-0.1, -0.05) is 53.5 Å². The lowest BCUT2D eigenvalue weighted by atomic mass is 10.1. The number of aryl methyl sites for hydroxylation is 1. The highest BCUT2D eigenvalue weighted by molar-refractivity contribution is 9.08. The summed E-state index contributed by atoms with van der Waals surface area (Å²) in [7, 11) is 0. The average molecular weight is 308 g/mol. The molecule has 18 heavy (non-hydrogen) atoms. The number of rotatable bonds is 4. The SMILES string of the molecule is Cc1cccc(-c2nnc(CBr)n2CC(C)C)c1. The number of hydrogen-bond acceptors (Lipinski definition) is 2. The molecule has 0 fully saturated rings. The molecular weight excluding hydrogens is 290 g/mol. The van der Waals surface area contributed by atoms with Crippen molar-refractivity contribution >= 4 is 15.9 Å². The summed E-state index contributed by atoms with van der Waals surface area (Å²) >= 11 is 3.48. The molecule has 0 N–H and O–H groups in total. The van der Waals surface area contributed by atoms with E-state index in [2.05, 4.69) is 75.7 Å². The van der Waals surface area contributed by atoms with E-state index >= 15 is 0 Å². The molecule has 0 radical (unpaired) electrons. The van der Waals surface area contributed by atoms with Gasteiger partial charge in [-0.3, -0.25) is 0 Å². The topological polar surface area (TPSA) is 30.7 Å². The minimum absolute atomic E-state index is 0.572. The molecule has 4 heteroatoms. The van der Waals surface area contributed by atoms with Gasteiger partial charge in [0.2, 0.25) is 0 Å². The first kappa shape index (κ1) is 13.3. The van der Waals surface area contributed by atoms with Gasteiger partial charge in [0.25, 0.3) is 0 Å². The van der Waals surface area contributed by atoms with Crippen molar-refractivity contribution in [3.8, 4) is 11.4 Å². The van der Waals surface area contributed by atoms with Crippen LogP contribution < -0.4 is 0 Å². The van der Waals surface area contributed by atoms with Gasteiger partial charge in [0.1, 0.15) is 5.82 Å². The lowest BCUT2D eigenvalue weighted by Crippen LogP contribution is -2.09. The number of halogens is 1. The van der Waals surface area contributed by atoms with Crippen molar-refractivity contribution in [1.82, 2.24) is 14.8 Å². The first-order valence-corrected chi connectivity index (χ1v) is 7.29. The molecule has 2 aromatic rings. The van der Waals surface area contributed by atoms with Crippen LogP contribution >= 0.6 is 15.9 Å². The summed E-state index contributed by atoms with van der Waals surface area (Å²) in [6, 6.07) is 8.40. The van der Waals surface area contributed by atoms with Crippen LogP contribution in [0.15, 0.2) is 24.3 Å². The third-order valence-corrected chi connectivity index (χ3v) is 3.27. The molecule has 3 nitrogen and oxygen atoms in total. The summed E-state index contributed by atoms with van der Waals surface area (Å²) in [4.78, 5) is 0. The van der Waals surface area contributed by atoms with Crippen molar-refractivity contribution in [3.05, 3.63) is 35.7 Å². The summed E-state index contributed by atoms with van der Waals surface area (Å²) in [6.07, 6.45) is 0. The molecule has 0 aliphatic heterocycles. The van der Waals surface area contributed by atoms with Crippen LogP contribution in [0.5, 0.6) is 0 Å². The van der Waals surface area contributed by atoms with E-state index in [4.69, 9.17) is 0 Å². The summed E-state index contributed by atoms with van der Waals surface area (Å²) in [5.41, 5.74) is 2.38. The van der Waals surface area contributed by atoms with Gasteiger partial charge >= 0.3 is 0 Å². The lowest BCUT2D eigenvalue weighted by Gasteiger charge is -2.12. The predicted octanol–water partition coefficient (Wildman–Crippen LogP) is 3.80. The Hall–Kier alpha value is -1.16. The normalized spacial score (nSPS) is 11.2. The largest absolute Gasteiger partial charge is 0.310 e. The van der Waals surface area contributed by atoms with Crippen molar-refractivity contribution in [2.45, 2.75) is 32.6 Å². The highest BCUT2D eigenvalue weighted by Gasteiger charge is 2.13. The van der Waals surface area contributed by atoms with Gasteiger partial charge in [-0.2, -0.15) is 0 Å². The number of nitrogens with zero attached hydrogens (tertiary/aromatic N) is 3. The van der Waals surface area contributed by atoms with E-state index < -0.39 is 0 Å². The Balaban J connectivity index is 2.47. The Kier molecular flexibility index (Phi) is 4.17. The zero-order valence-corrected chi connectivity index (χ0v) is 12.6. The Morgan fingerprint density at radius 2 is 2.06 bits per heavy atom. The van der Waals surface area contributed by atoms with Crippen molar-refractivity contribution in [3.63, 3.8) is 0 Å². The Morgan fingerprint density at radius 1 is 1.28 bits per heavy atom. The molecule has 2 rings (SSSR count). The summed E-state index contributed by atoms with van der Waals surface area (Å²) in [6.45, 7) is 7.45. The summed E-state index contributed by atoms with van der Waals surface area (Å²) in [5, 5.41) is 9.33. The van der Waals surface area contributed by atoms with Gasteiger partial charge in [0.05, 0.1) is 5.33 Å². The van der Waals surface area contributed by atoms with E-state index in [-0.39, 0.29) is 0 Å². The van der Waals surface area contributed by atoms with Crippen LogP contribution in [0.4, 0.5) is 0 Å². The van der Waals surface area contributed by atoms with Crippen molar-refractivity contribution in [2.24, 2.45) is 5.92 Å². The molecule has 1 aromatic carbocycles. The third kappa shape index (κ3) is 2.80. The third-order valence-electron chi connectivity index (χ3n) is 2.77. The maximum absolute atomic E-state index is 4.33. The minimum Gasteiger partial charge on any atom is -0.310 e. The van der Waals surface area contributed by atoms with Crippen LogP contribution in [0.25, 0.3) is 11.4 Å². The smallest absolute Gasteiger partial charge is 0.163 e. The number of benzene rings is 1. The number of alkyl halides is 1. The van der Waals surface area contributed by atoms with Crippen molar-refractivity contribution in [2.75, 3.05) is 0 Å². The molecule has 0 spiro atoms. The fourth-order valence-corrected chi connectivity index (χ4v) is 2.40. The Bertz CT molecular complexity index is 532. The molecule has 0 atom stereocenters. The molecular formula is C14H18BrN3. The van der Waals surface area contributed by atoms with Crippen LogP contribution in [0, 0.1) is 12.8 Å². The first-order chi connectivity index (χ1) is 8.61.